The molecule has 1 aliphatic heterocycles. The van der Waals surface area contributed by atoms with Crippen molar-refractivity contribution in [1.82, 2.24) is 10.2 Å². The molecule has 0 saturated carbocycles. The molecule has 6 heteroatoms. The van der Waals surface area contributed by atoms with Crippen molar-refractivity contribution < 1.29 is 9.59 Å². The van der Waals surface area contributed by atoms with Crippen LogP contribution in [0.1, 0.15) is 18.4 Å². The lowest BCUT2D eigenvalue weighted by atomic mass is 10.1. The Balaban J connectivity index is 1.54. The molecule has 0 fully saturated rings. The molecule has 3 rings (SSSR count). The lowest BCUT2D eigenvalue weighted by molar-refractivity contribution is -0.125. The SMILES string of the molecule is CN(C)CC(Cc1ccccc1)NC(=O)CCC(=O)N1CCSc2ccccc21. The predicted octanol–water partition coefficient (Wildman–Crippen LogP) is 3.19. The maximum absolute atomic E-state index is 12.7. The molecule has 1 heterocycles. The molecule has 1 N–H and O–H groups in total. The molecule has 0 aliphatic carbocycles. The second-order valence-electron chi connectivity index (χ2n) is 7.58. The molecule has 2 aromatic carbocycles. The topological polar surface area (TPSA) is 52.7 Å². The first-order valence-electron chi connectivity index (χ1n) is 10.0. The standard InChI is InChI=1S/C23H29N3O2S/c1-25(2)17-19(16-18-8-4-3-5-9-18)24-22(27)12-13-23(28)26-14-15-29-21-11-7-6-10-20(21)26/h3-11,19H,12-17H2,1-2H3,(H,24,27). The Hall–Kier alpha value is -2.31. The van der Waals surface area contributed by atoms with Crippen LogP contribution < -0.4 is 10.2 Å². The van der Waals surface area contributed by atoms with Gasteiger partial charge in [-0.05, 0) is 38.2 Å². The van der Waals surface area contributed by atoms with E-state index in [1.54, 1.807) is 11.8 Å². The summed E-state index contributed by atoms with van der Waals surface area (Å²) in [7, 11) is 4.00. The van der Waals surface area contributed by atoms with Gasteiger partial charge in [-0.25, -0.2) is 0 Å². The van der Waals surface area contributed by atoms with E-state index in [0.717, 1.165) is 29.3 Å². The maximum atomic E-state index is 12.7. The van der Waals surface area contributed by atoms with E-state index in [4.69, 9.17) is 0 Å². The van der Waals surface area contributed by atoms with Gasteiger partial charge in [0.1, 0.15) is 0 Å². The van der Waals surface area contributed by atoms with Crippen molar-refractivity contribution in [2.45, 2.75) is 30.2 Å². The van der Waals surface area contributed by atoms with Gasteiger partial charge in [0.2, 0.25) is 11.8 Å². The van der Waals surface area contributed by atoms with Gasteiger partial charge in [-0.15, -0.1) is 11.8 Å². The van der Waals surface area contributed by atoms with Gasteiger partial charge >= 0.3 is 0 Å². The van der Waals surface area contributed by atoms with Gasteiger partial charge in [-0.3, -0.25) is 9.59 Å². The maximum Gasteiger partial charge on any atom is 0.227 e. The minimum absolute atomic E-state index is 0.0140. The van der Waals surface area contributed by atoms with E-state index in [1.807, 2.05) is 61.5 Å². The van der Waals surface area contributed by atoms with Crippen LogP contribution in [0, 0.1) is 0 Å². The highest BCUT2D eigenvalue weighted by Gasteiger charge is 2.23. The first-order valence-corrected chi connectivity index (χ1v) is 11.0. The molecule has 0 aromatic heterocycles. The Kier molecular flexibility index (Phi) is 7.72. The number of fused-ring (bicyclic) bond motifs is 1. The second kappa shape index (κ2) is 10.5. The summed E-state index contributed by atoms with van der Waals surface area (Å²) in [6, 6.07) is 18.1. The Bertz CT molecular complexity index is 826. The van der Waals surface area contributed by atoms with E-state index < -0.39 is 0 Å². The lowest BCUT2D eigenvalue weighted by Crippen LogP contribution is -2.43. The van der Waals surface area contributed by atoms with Gasteiger partial charge in [0, 0.05) is 42.6 Å². The molecule has 0 bridgehead atoms. The zero-order valence-electron chi connectivity index (χ0n) is 17.1. The van der Waals surface area contributed by atoms with Gasteiger partial charge in [0.15, 0.2) is 0 Å². The minimum Gasteiger partial charge on any atom is -0.352 e. The highest BCUT2D eigenvalue weighted by molar-refractivity contribution is 7.99. The molecular formula is C23H29N3O2S. The van der Waals surface area contributed by atoms with Crippen molar-refractivity contribution in [3.8, 4) is 0 Å². The van der Waals surface area contributed by atoms with Crippen LogP contribution in [-0.2, 0) is 16.0 Å². The number of anilines is 1. The summed E-state index contributed by atoms with van der Waals surface area (Å²) in [5, 5.41) is 3.12. The van der Waals surface area contributed by atoms with Crippen LogP contribution in [0.3, 0.4) is 0 Å². The molecular weight excluding hydrogens is 382 g/mol. The molecule has 2 aromatic rings. The molecule has 0 radical (unpaired) electrons. The number of hydrogen-bond acceptors (Lipinski definition) is 4. The third kappa shape index (κ3) is 6.34. The summed E-state index contributed by atoms with van der Waals surface area (Å²) in [4.78, 5) is 30.3. The Morgan fingerprint density at radius 1 is 1.07 bits per heavy atom. The van der Waals surface area contributed by atoms with Crippen molar-refractivity contribution in [1.29, 1.82) is 0 Å². The summed E-state index contributed by atoms with van der Waals surface area (Å²) >= 11 is 1.77. The smallest absolute Gasteiger partial charge is 0.227 e. The van der Waals surface area contributed by atoms with E-state index in [9.17, 15) is 9.59 Å². The minimum atomic E-state index is -0.0687. The largest absolute Gasteiger partial charge is 0.352 e. The monoisotopic (exact) mass is 411 g/mol. The van der Waals surface area contributed by atoms with Crippen LogP contribution in [0.5, 0.6) is 0 Å². The fraction of sp³-hybridized carbons (Fsp3) is 0.391. The van der Waals surface area contributed by atoms with Crippen LogP contribution in [0.4, 0.5) is 5.69 Å². The Morgan fingerprint density at radius 2 is 1.79 bits per heavy atom. The second-order valence-corrected chi connectivity index (χ2v) is 8.71. The number of thioether (sulfide) groups is 1. The molecule has 1 unspecified atom stereocenters. The van der Waals surface area contributed by atoms with Crippen LogP contribution in [0.15, 0.2) is 59.5 Å². The average molecular weight is 412 g/mol. The Labute approximate surface area is 177 Å². The summed E-state index contributed by atoms with van der Waals surface area (Å²) in [6.45, 7) is 1.45. The quantitative estimate of drug-likeness (QED) is 0.725. The zero-order chi connectivity index (χ0) is 20.6. The van der Waals surface area contributed by atoms with Crippen molar-refractivity contribution in [2.24, 2.45) is 0 Å². The van der Waals surface area contributed by atoms with Crippen molar-refractivity contribution >= 4 is 29.3 Å². The summed E-state index contributed by atoms with van der Waals surface area (Å²) in [6.07, 6.45) is 1.21. The van der Waals surface area contributed by atoms with Crippen LogP contribution >= 0.6 is 11.8 Å². The van der Waals surface area contributed by atoms with E-state index in [2.05, 4.69) is 22.3 Å². The number of carbonyl (C=O) groups excluding carboxylic acids is 2. The molecule has 0 spiro atoms. The number of nitrogens with zero attached hydrogens (tertiary/aromatic N) is 2. The van der Waals surface area contributed by atoms with Gasteiger partial charge in [0.25, 0.3) is 0 Å². The molecule has 1 aliphatic rings. The van der Waals surface area contributed by atoms with Crippen molar-refractivity contribution in [3.05, 3.63) is 60.2 Å². The van der Waals surface area contributed by atoms with Gasteiger partial charge in [-0.2, -0.15) is 0 Å². The van der Waals surface area contributed by atoms with E-state index in [0.29, 0.717) is 6.54 Å². The van der Waals surface area contributed by atoms with Crippen LogP contribution in [0.2, 0.25) is 0 Å². The molecule has 5 nitrogen and oxygen atoms in total. The molecule has 1 atom stereocenters. The average Bonchev–Trinajstić information content (AvgIpc) is 2.72. The summed E-state index contributed by atoms with van der Waals surface area (Å²) in [5.41, 5.74) is 2.15. The normalized spacial score (nSPS) is 14.4. The first kappa shape index (κ1) is 21.4. The number of benzene rings is 2. The number of nitrogens with one attached hydrogen (secondary N) is 1. The van der Waals surface area contributed by atoms with E-state index in [1.165, 1.54) is 5.56 Å². The number of carbonyl (C=O) groups is 2. The summed E-state index contributed by atoms with van der Waals surface area (Å²) in [5.74, 6) is 0.831. The number of likely N-dealkylation sites (N-methyl/N-ethyl adjacent to an activating group) is 1. The zero-order valence-corrected chi connectivity index (χ0v) is 18.0. The number of para-hydroxylation sites is 1. The van der Waals surface area contributed by atoms with Gasteiger partial charge in [0.05, 0.1) is 5.69 Å². The van der Waals surface area contributed by atoms with Gasteiger partial charge < -0.3 is 15.1 Å². The van der Waals surface area contributed by atoms with Crippen LogP contribution in [0.25, 0.3) is 0 Å². The van der Waals surface area contributed by atoms with Crippen molar-refractivity contribution in [3.63, 3.8) is 0 Å². The highest BCUT2D eigenvalue weighted by Crippen LogP contribution is 2.34. The molecule has 0 saturated heterocycles. The number of amides is 2. The molecule has 2 amide bonds. The number of hydrogen-bond donors (Lipinski definition) is 1. The lowest BCUT2D eigenvalue weighted by Gasteiger charge is -2.29. The molecule has 154 valence electrons. The van der Waals surface area contributed by atoms with Crippen molar-refractivity contribution in [2.75, 3.05) is 37.8 Å². The third-order valence-corrected chi connectivity index (χ3v) is 5.91. The fourth-order valence-corrected chi connectivity index (χ4v) is 4.58. The predicted molar refractivity (Wildman–Crippen MR) is 119 cm³/mol. The number of rotatable bonds is 8. The summed E-state index contributed by atoms with van der Waals surface area (Å²) < 4.78 is 0. The molecule has 29 heavy (non-hydrogen) atoms. The van der Waals surface area contributed by atoms with Gasteiger partial charge in [-0.1, -0.05) is 42.5 Å². The van der Waals surface area contributed by atoms with E-state index in [-0.39, 0.29) is 30.7 Å². The van der Waals surface area contributed by atoms with E-state index >= 15 is 0 Å². The fourth-order valence-electron chi connectivity index (χ4n) is 3.58. The highest BCUT2D eigenvalue weighted by atomic mass is 32.2. The van der Waals surface area contributed by atoms with Crippen LogP contribution in [-0.4, -0.2) is 55.7 Å². The third-order valence-electron chi connectivity index (χ3n) is 4.87. The first-order chi connectivity index (χ1) is 14.0. The Morgan fingerprint density at radius 3 is 2.55 bits per heavy atom.